The van der Waals surface area contributed by atoms with Crippen LogP contribution in [0.5, 0.6) is 5.88 Å². The molecule has 0 spiro atoms. The molecule has 3 rings (SSSR count). The van der Waals surface area contributed by atoms with Crippen molar-refractivity contribution in [2.45, 2.75) is 20.4 Å². The number of benzene rings is 1. The number of rotatable bonds is 2. The van der Waals surface area contributed by atoms with Crippen molar-refractivity contribution < 1.29 is 19.5 Å². The van der Waals surface area contributed by atoms with E-state index in [9.17, 15) is 9.90 Å². The molecule has 2 heterocycles. The van der Waals surface area contributed by atoms with Crippen molar-refractivity contribution in [3.8, 4) is 5.88 Å². The summed E-state index contributed by atoms with van der Waals surface area (Å²) in [5.74, 6) is -0.268. The number of thiazole rings is 1. The van der Waals surface area contributed by atoms with Gasteiger partial charge in [-0.2, -0.15) is 9.59 Å². The minimum absolute atomic E-state index is 0.0513. The van der Waals surface area contributed by atoms with E-state index in [0.29, 0.717) is 26.3 Å². The zero-order valence-electron chi connectivity index (χ0n) is 12.3. The van der Waals surface area contributed by atoms with E-state index in [1.165, 1.54) is 11.3 Å². The number of nitrogens with zero attached hydrogens (tertiary/aromatic N) is 2. The summed E-state index contributed by atoms with van der Waals surface area (Å²) in [6.07, 6.45) is 0.250. The minimum atomic E-state index is -0.319. The Bertz CT molecular complexity index is 995. The summed E-state index contributed by atoms with van der Waals surface area (Å²) in [5, 5.41) is 11.7. The van der Waals surface area contributed by atoms with Crippen molar-refractivity contribution in [1.29, 1.82) is 0 Å². The fourth-order valence-electron chi connectivity index (χ4n) is 2.29. The van der Waals surface area contributed by atoms with Gasteiger partial charge < -0.3 is 5.11 Å². The summed E-state index contributed by atoms with van der Waals surface area (Å²) >= 11 is 6.47. The van der Waals surface area contributed by atoms with Crippen molar-refractivity contribution >= 4 is 41.2 Å². The van der Waals surface area contributed by atoms with Crippen LogP contribution in [0.25, 0.3) is 5.57 Å². The molecule has 118 valence electrons. The maximum Gasteiger partial charge on any atom is 0.373 e. The predicted molar refractivity (Wildman–Crippen MR) is 85.0 cm³/mol. The third-order valence-electron chi connectivity index (χ3n) is 3.27. The first-order valence-electron chi connectivity index (χ1n) is 6.60. The number of aryl methyl sites for hydroxylation is 1. The molecule has 0 aliphatic carbocycles. The molecule has 0 atom stereocenters. The summed E-state index contributed by atoms with van der Waals surface area (Å²) in [6, 6.07) is 5.65. The Labute approximate surface area is 140 Å². The SMILES string of the molecule is CCn1c(O)c(C2=c3cc(C)ccc3=NC2=O)sc1=S.O=C=O. The van der Waals surface area contributed by atoms with Crippen LogP contribution in [0.2, 0.25) is 0 Å². The molecule has 0 saturated heterocycles. The van der Waals surface area contributed by atoms with Crippen LogP contribution in [0.3, 0.4) is 0 Å². The van der Waals surface area contributed by atoms with Gasteiger partial charge >= 0.3 is 6.15 Å². The van der Waals surface area contributed by atoms with Gasteiger partial charge in [0.2, 0.25) is 5.88 Å². The summed E-state index contributed by atoms with van der Waals surface area (Å²) in [4.78, 5) is 32.9. The Hall–Kier alpha value is -2.41. The van der Waals surface area contributed by atoms with Crippen LogP contribution in [0.4, 0.5) is 0 Å². The van der Waals surface area contributed by atoms with Crippen LogP contribution in [0.1, 0.15) is 17.4 Å². The van der Waals surface area contributed by atoms with Gasteiger partial charge in [-0.05, 0) is 38.2 Å². The van der Waals surface area contributed by atoms with Gasteiger partial charge in [0.15, 0.2) is 3.95 Å². The van der Waals surface area contributed by atoms with E-state index in [4.69, 9.17) is 21.8 Å². The van der Waals surface area contributed by atoms with E-state index in [2.05, 4.69) is 4.99 Å². The van der Waals surface area contributed by atoms with Gasteiger partial charge in [0.25, 0.3) is 5.91 Å². The summed E-state index contributed by atoms with van der Waals surface area (Å²) in [6.45, 7) is 4.43. The van der Waals surface area contributed by atoms with Crippen molar-refractivity contribution in [3.05, 3.63) is 43.2 Å². The molecule has 1 aromatic heterocycles. The smallest absolute Gasteiger partial charge is 0.373 e. The average molecular weight is 348 g/mol. The second kappa shape index (κ2) is 6.78. The van der Waals surface area contributed by atoms with Crippen molar-refractivity contribution in [1.82, 2.24) is 4.57 Å². The maximum atomic E-state index is 12.2. The Morgan fingerprint density at radius 2 is 2.04 bits per heavy atom. The molecular weight excluding hydrogens is 336 g/mol. The molecule has 1 amide bonds. The molecule has 6 nitrogen and oxygen atoms in total. The number of aromatic nitrogens is 1. The molecule has 0 radical (unpaired) electrons. The van der Waals surface area contributed by atoms with E-state index in [1.807, 2.05) is 32.0 Å². The number of carbonyl (C=O) groups excluding carboxylic acids is 3. The summed E-state index contributed by atoms with van der Waals surface area (Å²) in [5.41, 5.74) is 1.49. The van der Waals surface area contributed by atoms with Crippen LogP contribution in [-0.4, -0.2) is 21.7 Å². The number of hydrogen-bond acceptors (Lipinski definition) is 6. The largest absolute Gasteiger partial charge is 0.493 e. The van der Waals surface area contributed by atoms with Gasteiger partial charge in [0.05, 0.1) is 10.9 Å². The average Bonchev–Trinajstić information content (AvgIpc) is 2.95. The highest BCUT2D eigenvalue weighted by molar-refractivity contribution is 7.73. The molecule has 8 heteroatoms. The second-order valence-corrected chi connectivity index (χ2v) is 6.31. The van der Waals surface area contributed by atoms with E-state index < -0.39 is 0 Å². The lowest BCUT2D eigenvalue weighted by molar-refractivity contribution is -0.191. The lowest BCUT2D eigenvalue weighted by atomic mass is 10.1. The first-order chi connectivity index (χ1) is 10.9. The highest BCUT2D eigenvalue weighted by Gasteiger charge is 2.24. The molecule has 23 heavy (non-hydrogen) atoms. The Morgan fingerprint density at radius 3 is 2.61 bits per heavy atom. The Kier molecular flexibility index (Phi) is 5.00. The Morgan fingerprint density at radius 1 is 1.39 bits per heavy atom. The zero-order chi connectivity index (χ0) is 17.1. The summed E-state index contributed by atoms with van der Waals surface area (Å²) in [7, 11) is 0. The lowest BCUT2D eigenvalue weighted by Crippen LogP contribution is -2.23. The molecule has 1 aliphatic rings. The van der Waals surface area contributed by atoms with Gasteiger partial charge in [-0.25, -0.2) is 4.99 Å². The minimum Gasteiger partial charge on any atom is -0.493 e. The highest BCUT2D eigenvalue weighted by atomic mass is 32.1. The molecule has 1 aromatic carbocycles. The van der Waals surface area contributed by atoms with Gasteiger partial charge in [-0.1, -0.05) is 11.6 Å². The van der Waals surface area contributed by atoms with Gasteiger partial charge in [-0.3, -0.25) is 9.36 Å². The molecule has 0 fully saturated rings. The van der Waals surface area contributed by atoms with Crippen LogP contribution in [0, 0.1) is 10.9 Å². The van der Waals surface area contributed by atoms with Gasteiger partial charge in [0, 0.05) is 11.8 Å². The second-order valence-electron chi connectivity index (χ2n) is 4.66. The molecule has 1 aliphatic heterocycles. The number of carbonyl (C=O) groups is 1. The fraction of sp³-hybridized carbons (Fsp3) is 0.200. The zero-order valence-corrected chi connectivity index (χ0v) is 14.0. The van der Waals surface area contributed by atoms with E-state index in [1.54, 1.807) is 4.57 Å². The number of aromatic hydroxyl groups is 1. The van der Waals surface area contributed by atoms with Crippen molar-refractivity contribution in [2.24, 2.45) is 4.99 Å². The number of amides is 1. The topological polar surface area (TPSA) is 88.7 Å². The molecular formula is C15H12N2O4S2. The predicted octanol–water partition coefficient (Wildman–Crippen LogP) is 1.09. The van der Waals surface area contributed by atoms with E-state index >= 15 is 0 Å². The lowest BCUT2D eigenvalue weighted by Gasteiger charge is -2.01. The summed E-state index contributed by atoms with van der Waals surface area (Å²) < 4.78 is 2.17. The fourth-order valence-corrected chi connectivity index (χ4v) is 3.75. The number of hydrogen-bond donors (Lipinski definition) is 1. The van der Waals surface area contributed by atoms with Crippen LogP contribution >= 0.6 is 23.6 Å². The third-order valence-corrected chi connectivity index (χ3v) is 4.73. The van der Waals surface area contributed by atoms with E-state index in [-0.39, 0.29) is 17.9 Å². The number of fused-ring (bicyclic) bond motifs is 1. The molecule has 0 unspecified atom stereocenters. The maximum absolute atomic E-state index is 12.2. The third kappa shape index (κ3) is 3.05. The quantitative estimate of drug-likeness (QED) is 0.821. The standard InChI is InChI=1S/C14H12N2O2S2.CO2/c1-3-16-13(18)11(20-14(16)19)10-8-6-7(2)4-5-9(8)15-12(10)17;2-1-3/h4-6,18H,3H2,1-2H3;. The monoisotopic (exact) mass is 348 g/mol. The van der Waals surface area contributed by atoms with Crippen LogP contribution in [-0.2, 0) is 20.9 Å². The van der Waals surface area contributed by atoms with Crippen molar-refractivity contribution in [3.63, 3.8) is 0 Å². The van der Waals surface area contributed by atoms with Crippen LogP contribution < -0.4 is 10.6 Å². The molecule has 0 saturated carbocycles. The normalized spacial score (nSPS) is 12.1. The van der Waals surface area contributed by atoms with E-state index in [0.717, 1.165) is 10.8 Å². The first kappa shape index (κ1) is 17.0. The van der Waals surface area contributed by atoms with Gasteiger partial charge in [0.1, 0.15) is 4.88 Å². The molecule has 2 aromatic rings. The van der Waals surface area contributed by atoms with Crippen molar-refractivity contribution in [2.75, 3.05) is 0 Å². The molecule has 1 N–H and O–H groups in total. The highest BCUT2D eigenvalue weighted by Crippen LogP contribution is 2.32. The molecule has 0 bridgehead atoms. The van der Waals surface area contributed by atoms with Crippen LogP contribution in [0.15, 0.2) is 23.2 Å². The Balaban J connectivity index is 0.000000595. The van der Waals surface area contributed by atoms with Gasteiger partial charge in [-0.15, -0.1) is 11.3 Å². The first-order valence-corrected chi connectivity index (χ1v) is 7.83.